The first-order chi connectivity index (χ1) is 18.6. The second-order valence-corrected chi connectivity index (χ2v) is 10.9. The van der Waals surface area contributed by atoms with Gasteiger partial charge >= 0.3 is 6.03 Å². The molecular weight excluding hydrogens is 518 g/mol. The first-order valence-corrected chi connectivity index (χ1v) is 14.1. The molecule has 1 aliphatic heterocycles. The van der Waals surface area contributed by atoms with E-state index in [0.29, 0.717) is 29.9 Å². The Labute approximate surface area is 234 Å². The number of thiophene rings is 1. The third-order valence-electron chi connectivity index (χ3n) is 6.98. The van der Waals surface area contributed by atoms with Crippen LogP contribution in [-0.2, 0) is 11.4 Å². The van der Waals surface area contributed by atoms with Gasteiger partial charge in [0.25, 0.3) is 11.8 Å². The van der Waals surface area contributed by atoms with Crippen molar-refractivity contribution in [2.45, 2.75) is 58.7 Å². The van der Waals surface area contributed by atoms with Gasteiger partial charge in [-0.25, -0.2) is 20.3 Å². The lowest BCUT2D eigenvalue weighted by Gasteiger charge is -2.40. The molecule has 214 valence electrons. The smallest absolute Gasteiger partial charge is 0.341 e. The van der Waals surface area contributed by atoms with E-state index in [2.05, 4.69) is 38.4 Å². The average molecular weight is 560 g/mol. The summed E-state index contributed by atoms with van der Waals surface area (Å²) in [5.41, 5.74) is 8.28. The van der Waals surface area contributed by atoms with Crippen LogP contribution in [0.25, 0.3) is 0 Å². The van der Waals surface area contributed by atoms with Gasteiger partial charge in [-0.3, -0.25) is 19.9 Å². The number of nitrogens with one attached hydrogen (secondary N) is 3. The number of urea groups is 1. The summed E-state index contributed by atoms with van der Waals surface area (Å²) in [7, 11) is 4.90. The van der Waals surface area contributed by atoms with Crippen molar-refractivity contribution in [1.82, 2.24) is 36.0 Å². The van der Waals surface area contributed by atoms with E-state index in [1.54, 1.807) is 43.4 Å². The van der Waals surface area contributed by atoms with Crippen molar-refractivity contribution in [3.05, 3.63) is 51.0 Å². The largest absolute Gasteiger partial charge is 0.352 e. The Kier molecular flexibility index (Phi) is 11.2. The molecule has 4 amide bonds. The van der Waals surface area contributed by atoms with Crippen LogP contribution in [0.1, 0.15) is 63.9 Å². The van der Waals surface area contributed by atoms with Gasteiger partial charge in [0.05, 0.1) is 18.4 Å². The predicted molar refractivity (Wildman–Crippen MR) is 151 cm³/mol. The van der Waals surface area contributed by atoms with Crippen LogP contribution in [-0.4, -0.2) is 90.6 Å². The summed E-state index contributed by atoms with van der Waals surface area (Å²) >= 11 is 1.62. The van der Waals surface area contributed by atoms with Crippen LogP contribution < -0.4 is 16.2 Å². The molecule has 3 N–H and O–H groups in total. The number of hydrazine groups is 1. The molecule has 0 spiro atoms. The van der Waals surface area contributed by atoms with Crippen LogP contribution in [0.2, 0.25) is 0 Å². The molecule has 12 heteroatoms. The molecule has 0 radical (unpaired) electrons. The minimum atomic E-state index is -0.315. The van der Waals surface area contributed by atoms with E-state index in [9.17, 15) is 14.4 Å². The van der Waals surface area contributed by atoms with Crippen LogP contribution in [0.3, 0.4) is 0 Å². The lowest BCUT2D eigenvalue weighted by Crippen LogP contribution is -2.51. The minimum absolute atomic E-state index is 0.129. The zero-order chi connectivity index (χ0) is 28.5. The molecular formula is C27H41N7O4S. The fourth-order valence-electron chi connectivity index (χ4n) is 4.95. The van der Waals surface area contributed by atoms with Gasteiger partial charge in [0.15, 0.2) is 0 Å². The summed E-state index contributed by atoms with van der Waals surface area (Å²) in [6, 6.07) is 3.87. The van der Waals surface area contributed by atoms with E-state index in [-0.39, 0.29) is 35.6 Å². The molecule has 11 nitrogen and oxygen atoms in total. The van der Waals surface area contributed by atoms with Crippen molar-refractivity contribution in [3.63, 3.8) is 0 Å². The highest BCUT2D eigenvalue weighted by Gasteiger charge is 2.30. The summed E-state index contributed by atoms with van der Waals surface area (Å²) in [5, 5.41) is 8.66. The number of hydrogen-bond acceptors (Lipinski definition) is 8. The van der Waals surface area contributed by atoms with Crippen molar-refractivity contribution < 1.29 is 19.2 Å². The molecule has 2 aromatic rings. The van der Waals surface area contributed by atoms with Crippen molar-refractivity contribution in [2.75, 3.05) is 40.8 Å². The molecule has 39 heavy (non-hydrogen) atoms. The maximum absolute atomic E-state index is 12.9. The Bertz CT molecular complexity index is 1090. The number of carbonyl (C=O) groups excluding carboxylic acids is 3. The molecule has 3 heterocycles. The molecule has 3 rings (SSSR count). The zero-order valence-electron chi connectivity index (χ0n) is 23.7. The van der Waals surface area contributed by atoms with Crippen molar-refractivity contribution >= 4 is 29.2 Å². The molecule has 0 unspecified atom stereocenters. The number of pyridine rings is 1. The SMILES string of the molecule is CONC(=O)N(Cc1ccsc1)C1CCN([C@H](C)CCNC(=O)c2c(C)cc(C(=O)NN(C)C)nc2C)CC1. The molecule has 0 saturated carbocycles. The Hall–Kier alpha value is -3.06. The normalized spacial score (nSPS) is 15.2. The summed E-state index contributed by atoms with van der Waals surface area (Å²) < 4.78 is 0. The molecule has 1 aliphatic rings. The summed E-state index contributed by atoms with van der Waals surface area (Å²) in [4.78, 5) is 51.4. The summed E-state index contributed by atoms with van der Waals surface area (Å²) in [6.45, 7) is 8.57. The number of piperidine rings is 1. The third kappa shape index (κ3) is 8.46. The topological polar surface area (TPSA) is 119 Å². The summed E-state index contributed by atoms with van der Waals surface area (Å²) in [5.74, 6) is -0.499. The van der Waals surface area contributed by atoms with Gasteiger partial charge in [0.1, 0.15) is 5.69 Å². The van der Waals surface area contributed by atoms with Crippen LogP contribution in [0, 0.1) is 13.8 Å². The number of amides is 4. The fourth-order valence-corrected chi connectivity index (χ4v) is 5.61. The highest BCUT2D eigenvalue weighted by molar-refractivity contribution is 7.07. The average Bonchev–Trinajstić information content (AvgIpc) is 3.40. The van der Waals surface area contributed by atoms with E-state index in [0.717, 1.165) is 37.9 Å². The van der Waals surface area contributed by atoms with E-state index in [1.165, 1.54) is 7.11 Å². The Balaban J connectivity index is 1.50. The molecule has 2 aromatic heterocycles. The lowest BCUT2D eigenvalue weighted by molar-refractivity contribution is 0.0565. The van der Waals surface area contributed by atoms with Crippen LogP contribution in [0.15, 0.2) is 22.9 Å². The Morgan fingerprint density at radius 2 is 1.92 bits per heavy atom. The quantitative estimate of drug-likeness (QED) is 0.362. The number of aryl methyl sites for hydroxylation is 2. The maximum Gasteiger partial charge on any atom is 0.341 e. The van der Waals surface area contributed by atoms with Crippen LogP contribution in [0.5, 0.6) is 0 Å². The number of nitrogens with zero attached hydrogens (tertiary/aromatic N) is 4. The zero-order valence-corrected chi connectivity index (χ0v) is 24.6. The van der Waals surface area contributed by atoms with Gasteiger partial charge in [0, 0.05) is 52.4 Å². The number of hydroxylamine groups is 1. The number of rotatable bonds is 11. The van der Waals surface area contributed by atoms with E-state index in [4.69, 9.17) is 4.84 Å². The van der Waals surface area contributed by atoms with Crippen molar-refractivity contribution in [3.8, 4) is 0 Å². The molecule has 0 aromatic carbocycles. The monoisotopic (exact) mass is 559 g/mol. The molecule has 1 fully saturated rings. The van der Waals surface area contributed by atoms with Crippen molar-refractivity contribution in [1.29, 1.82) is 0 Å². The first-order valence-electron chi connectivity index (χ1n) is 13.2. The van der Waals surface area contributed by atoms with E-state index in [1.807, 2.05) is 23.3 Å². The van der Waals surface area contributed by atoms with Gasteiger partial charge in [-0.15, -0.1) is 0 Å². The van der Waals surface area contributed by atoms with Gasteiger partial charge in [0.2, 0.25) is 0 Å². The molecule has 0 aliphatic carbocycles. The third-order valence-corrected chi connectivity index (χ3v) is 7.71. The van der Waals surface area contributed by atoms with Gasteiger partial charge < -0.3 is 15.1 Å². The number of likely N-dealkylation sites (tertiary alicyclic amines) is 1. The number of hydrogen-bond donors (Lipinski definition) is 3. The second-order valence-electron chi connectivity index (χ2n) is 10.2. The number of carbonyl (C=O) groups is 3. The van der Waals surface area contributed by atoms with Gasteiger partial charge in [-0.05, 0) is 74.1 Å². The van der Waals surface area contributed by atoms with Gasteiger partial charge in [-0.2, -0.15) is 11.3 Å². The fraction of sp³-hybridized carbons (Fsp3) is 0.556. The Morgan fingerprint density at radius 1 is 1.21 bits per heavy atom. The first kappa shape index (κ1) is 30.5. The van der Waals surface area contributed by atoms with Gasteiger partial charge in [-0.1, -0.05) is 0 Å². The van der Waals surface area contributed by atoms with E-state index >= 15 is 0 Å². The van der Waals surface area contributed by atoms with Crippen LogP contribution >= 0.6 is 11.3 Å². The standard InChI is InChI=1S/C27H41N7O4S/c1-18-15-23(25(35)30-32(4)5)29-20(3)24(18)26(36)28-11-7-19(2)33-12-8-22(9-13-33)34(27(37)31-38-6)16-21-10-14-39-17-21/h10,14-15,17,19,22H,7-9,11-13,16H2,1-6H3,(H,28,36)(H,30,35)(H,31,37)/t19-/m1/s1. The minimum Gasteiger partial charge on any atom is -0.352 e. The molecule has 1 saturated heterocycles. The maximum atomic E-state index is 12.9. The van der Waals surface area contributed by atoms with Crippen LogP contribution in [0.4, 0.5) is 4.79 Å². The lowest BCUT2D eigenvalue weighted by atomic mass is 10.0. The summed E-state index contributed by atoms with van der Waals surface area (Å²) in [6.07, 6.45) is 2.54. The predicted octanol–water partition coefficient (Wildman–Crippen LogP) is 2.71. The molecule has 0 bridgehead atoms. The molecule has 1 atom stereocenters. The van der Waals surface area contributed by atoms with Crippen molar-refractivity contribution in [2.24, 2.45) is 0 Å². The van der Waals surface area contributed by atoms with E-state index < -0.39 is 0 Å². The highest BCUT2D eigenvalue weighted by Crippen LogP contribution is 2.22. The number of aromatic nitrogens is 1. The second kappa shape index (κ2) is 14.4. The Morgan fingerprint density at radius 3 is 2.51 bits per heavy atom. The highest BCUT2D eigenvalue weighted by atomic mass is 32.1.